The first-order chi connectivity index (χ1) is 13.9. The first-order valence-corrected chi connectivity index (χ1v) is 12.0. The minimum absolute atomic E-state index is 0.188. The summed E-state index contributed by atoms with van der Waals surface area (Å²) >= 11 is 0. The lowest BCUT2D eigenvalue weighted by Crippen LogP contribution is -2.41. The number of hydrogen-bond acceptors (Lipinski definition) is 4. The van der Waals surface area contributed by atoms with Gasteiger partial charge in [0.1, 0.15) is 5.75 Å². The first kappa shape index (κ1) is 23.7. The number of likely N-dealkylation sites (tertiary alicyclic amines) is 1. The van der Waals surface area contributed by atoms with Crippen LogP contribution in [0.25, 0.3) is 0 Å². The molecule has 0 saturated carbocycles. The van der Waals surface area contributed by atoms with E-state index in [0.717, 1.165) is 31.3 Å². The molecule has 164 valence electrons. The lowest BCUT2D eigenvalue weighted by atomic mass is 10.0. The number of ether oxygens (including phenoxy) is 1. The topological polar surface area (TPSA) is 66.0 Å². The maximum absolute atomic E-state index is 12.3. The molecule has 0 aliphatic carbocycles. The average molecular weight is 423 g/mol. The summed E-state index contributed by atoms with van der Waals surface area (Å²) in [4.78, 5) is 7.37. The monoisotopic (exact) mass is 422 g/mol. The second-order valence-electron chi connectivity index (χ2n) is 8.31. The standard InChI is InChI=1S/C22H38N4O2S/c1-6-23-21(24-13-16-29(27)22(2,3)4)25-17-19(26-14-9-10-15-26)18-11-7-8-12-20(18)28-5/h7-8,11-12,19H,6,9-10,13-17H2,1-5H3,(H2,23,24,25). The molecule has 2 atom stereocenters. The Morgan fingerprint density at radius 3 is 2.55 bits per heavy atom. The summed E-state index contributed by atoms with van der Waals surface area (Å²) in [7, 11) is 0.850. The van der Waals surface area contributed by atoms with Crippen molar-refractivity contribution in [2.75, 3.05) is 45.6 Å². The van der Waals surface area contributed by atoms with Gasteiger partial charge in [-0.1, -0.05) is 18.2 Å². The molecule has 6 nitrogen and oxygen atoms in total. The van der Waals surface area contributed by atoms with E-state index in [0.29, 0.717) is 18.8 Å². The predicted octanol–water partition coefficient (Wildman–Crippen LogP) is 2.93. The van der Waals surface area contributed by atoms with Crippen molar-refractivity contribution in [3.8, 4) is 5.75 Å². The third-order valence-electron chi connectivity index (χ3n) is 5.11. The van der Waals surface area contributed by atoms with Gasteiger partial charge in [-0.2, -0.15) is 0 Å². The summed E-state index contributed by atoms with van der Waals surface area (Å²) in [5.74, 6) is 2.30. The fraction of sp³-hybridized carbons (Fsp3) is 0.682. The number of nitrogens with zero attached hydrogens (tertiary/aromatic N) is 2. The van der Waals surface area contributed by atoms with Gasteiger partial charge in [0.25, 0.3) is 0 Å². The number of hydrogen-bond donors (Lipinski definition) is 2. The van der Waals surface area contributed by atoms with Gasteiger partial charge in [0.2, 0.25) is 0 Å². The van der Waals surface area contributed by atoms with Crippen molar-refractivity contribution in [3.63, 3.8) is 0 Å². The fourth-order valence-corrected chi connectivity index (χ4v) is 4.39. The van der Waals surface area contributed by atoms with Crippen LogP contribution in [0.3, 0.4) is 0 Å². The van der Waals surface area contributed by atoms with Crippen LogP contribution < -0.4 is 15.4 Å². The number of para-hydroxylation sites is 1. The smallest absolute Gasteiger partial charge is 0.191 e. The van der Waals surface area contributed by atoms with Crippen LogP contribution in [-0.2, 0) is 10.8 Å². The van der Waals surface area contributed by atoms with E-state index in [2.05, 4.69) is 34.6 Å². The Hall–Kier alpha value is -1.60. The SMILES string of the molecule is CCNC(=NCC(c1ccccc1OC)N1CCCC1)NCCS(=O)C(C)(C)C. The number of methoxy groups -OCH3 is 1. The van der Waals surface area contributed by atoms with Crippen LogP contribution >= 0.6 is 0 Å². The maximum Gasteiger partial charge on any atom is 0.191 e. The molecule has 1 heterocycles. The molecule has 1 aromatic carbocycles. The third kappa shape index (κ3) is 7.30. The van der Waals surface area contributed by atoms with Gasteiger partial charge in [-0.05, 0) is 59.7 Å². The van der Waals surface area contributed by atoms with E-state index in [1.54, 1.807) is 7.11 Å². The van der Waals surface area contributed by atoms with Crippen LogP contribution in [-0.4, -0.2) is 65.4 Å². The minimum Gasteiger partial charge on any atom is -0.496 e. The number of rotatable bonds is 9. The lowest BCUT2D eigenvalue weighted by Gasteiger charge is -2.28. The third-order valence-corrected chi connectivity index (χ3v) is 7.05. The van der Waals surface area contributed by atoms with E-state index in [1.807, 2.05) is 32.9 Å². The van der Waals surface area contributed by atoms with E-state index < -0.39 is 10.8 Å². The zero-order chi connectivity index (χ0) is 21.3. The Morgan fingerprint density at radius 1 is 1.24 bits per heavy atom. The van der Waals surface area contributed by atoms with E-state index >= 15 is 0 Å². The van der Waals surface area contributed by atoms with Crippen molar-refractivity contribution in [1.29, 1.82) is 0 Å². The zero-order valence-electron chi connectivity index (χ0n) is 18.7. The summed E-state index contributed by atoms with van der Waals surface area (Å²) in [5, 5.41) is 6.66. The normalized spacial score (nSPS) is 17.8. The van der Waals surface area contributed by atoms with Gasteiger partial charge < -0.3 is 15.4 Å². The zero-order valence-corrected chi connectivity index (χ0v) is 19.5. The second-order valence-corrected chi connectivity index (χ2v) is 10.6. The molecule has 0 aromatic heterocycles. The number of aliphatic imine (C=N–C) groups is 1. The van der Waals surface area contributed by atoms with Gasteiger partial charge >= 0.3 is 0 Å². The highest BCUT2D eigenvalue weighted by Crippen LogP contribution is 2.31. The lowest BCUT2D eigenvalue weighted by molar-refractivity contribution is 0.245. The highest BCUT2D eigenvalue weighted by atomic mass is 32.2. The summed E-state index contributed by atoms with van der Waals surface area (Å²) in [5.41, 5.74) is 1.19. The van der Waals surface area contributed by atoms with Crippen molar-refractivity contribution in [3.05, 3.63) is 29.8 Å². The van der Waals surface area contributed by atoms with Gasteiger partial charge in [-0.25, -0.2) is 0 Å². The number of guanidine groups is 1. The van der Waals surface area contributed by atoms with Crippen LogP contribution in [0, 0.1) is 0 Å². The Morgan fingerprint density at radius 2 is 1.93 bits per heavy atom. The average Bonchev–Trinajstić information content (AvgIpc) is 3.22. The largest absolute Gasteiger partial charge is 0.496 e. The molecule has 2 N–H and O–H groups in total. The number of benzene rings is 1. The van der Waals surface area contributed by atoms with Crippen LogP contribution in [0.15, 0.2) is 29.3 Å². The fourth-order valence-electron chi connectivity index (χ4n) is 3.49. The Labute approximate surface area is 179 Å². The van der Waals surface area contributed by atoms with Gasteiger partial charge in [0.15, 0.2) is 5.96 Å². The predicted molar refractivity (Wildman–Crippen MR) is 123 cm³/mol. The van der Waals surface area contributed by atoms with Crippen molar-refractivity contribution in [1.82, 2.24) is 15.5 Å². The van der Waals surface area contributed by atoms with Gasteiger partial charge in [0.05, 0.1) is 19.7 Å². The van der Waals surface area contributed by atoms with Crippen LogP contribution in [0.2, 0.25) is 0 Å². The Bertz CT molecular complexity index is 682. The molecule has 1 aromatic rings. The van der Waals surface area contributed by atoms with Crippen LogP contribution in [0.4, 0.5) is 0 Å². The van der Waals surface area contributed by atoms with Gasteiger partial charge in [0, 0.05) is 40.0 Å². The molecule has 2 unspecified atom stereocenters. The van der Waals surface area contributed by atoms with Crippen LogP contribution in [0.5, 0.6) is 5.75 Å². The molecule has 0 radical (unpaired) electrons. The first-order valence-electron chi connectivity index (χ1n) is 10.6. The quantitative estimate of drug-likeness (QED) is 0.473. The molecule has 1 fully saturated rings. The summed E-state index contributed by atoms with van der Waals surface area (Å²) < 4.78 is 17.7. The van der Waals surface area contributed by atoms with E-state index in [4.69, 9.17) is 9.73 Å². The van der Waals surface area contributed by atoms with Crippen molar-refractivity contribution < 1.29 is 8.95 Å². The Balaban J connectivity index is 2.10. The summed E-state index contributed by atoms with van der Waals surface area (Å²) in [6, 6.07) is 8.42. The van der Waals surface area contributed by atoms with E-state index in [1.165, 1.54) is 18.4 Å². The van der Waals surface area contributed by atoms with Crippen molar-refractivity contribution in [2.45, 2.75) is 51.3 Å². The molecule has 1 aliphatic heterocycles. The molecule has 29 heavy (non-hydrogen) atoms. The number of nitrogens with one attached hydrogen (secondary N) is 2. The summed E-state index contributed by atoms with van der Waals surface area (Å²) in [6.07, 6.45) is 2.46. The van der Waals surface area contributed by atoms with Crippen molar-refractivity contribution in [2.24, 2.45) is 4.99 Å². The summed E-state index contributed by atoms with van der Waals surface area (Å²) in [6.45, 7) is 12.3. The Kier molecular flexibility index (Phi) is 9.43. The molecule has 0 spiro atoms. The maximum atomic E-state index is 12.3. The van der Waals surface area contributed by atoms with E-state index in [9.17, 15) is 4.21 Å². The molecular weight excluding hydrogens is 384 g/mol. The molecule has 0 amide bonds. The molecule has 7 heteroatoms. The molecule has 1 saturated heterocycles. The molecule has 0 bridgehead atoms. The van der Waals surface area contributed by atoms with Gasteiger partial charge in [-0.3, -0.25) is 14.1 Å². The highest BCUT2D eigenvalue weighted by Gasteiger charge is 2.26. The van der Waals surface area contributed by atoms with Crippen LogP contribution in [0.1, 0.15) is 52.1 Å². The second kappa shape index (κ2) is 11.6. The highest BCUT2D eigenvalue weighted by molar-refractivity contribution is 7.86. The molecule has 1 aliphatic rings. The van der Waals surface area contributed by atoms with Crippen molar-refractivity contribution >= 4 is 16.8 Å². The van der Waals surface area contributed by atoms with E-state index in [-0.39, 0.29) is 10.8 Å². The molecular formula is C22H38N4O2S. The molecule has 2 rings (SSSR count). The van der Waals surface area contributed by atoms with Gasteiger partial charge in [-0.15, -0.1) is 0 Å². The minimum atomic E-state index is -0.876.